The lowest BCUT2D eigenvalue weighted by atomic mass is 10.1. The molecule has 0 atom stereocenters. The predicted octanol–water partition coefficient (Wildman–Crippen LogP) is 4.34. The normalized spacial score (nSPS) is 11.1. The number of anilines is 1. The Morgan fingerprint density at radius 3 is 2.36 bits per heavy atom. The van der Waals surface area contributed by atoms with E-state index in [2.05, 4.69) is 10.6 Å². The van der Waals surface area contributed by atoms with Gasteiger partial charge in [-0.1, -0.05) is 36.4 Å². The summed E-state index contributed by atoms with van der Waals surface area (Å²) < 4.78 is 38.5. The summed E-state index contributed by atoms with van der Waals surface area (Å²) >= 11 is 0. The number of hydrogen-bond donors (Lipinski definition) is 2. The number of para-hydroxylation sites is 1. The van der Waals surface area contributed by atoms with Gasteiger partial charge in [0.15, 0.2) is 0 Å². The van der Waals surface area contributed by atoms with Crippen LogP contribution in [0.3, 0.4) is 0 Å². The Kier molecular flexibility index (Phi) is 4.70. The molecule has 0 spiro atoms. The lowest BCUT2D eigenvalue weighted by Gasteiger charge is -2.14. The number of benzene rings is 2. The highest BCUT2D eigenvalue weighted by molar-refractivity contribution is 5.90. The van der Waals surface area contributed by atoms with Crippen LogP contribution in [-0.2, 0) is 12.7 Å². The minimum atomic E-state index is -4.51. The van der Waals surface area contributed by atoms with Crippen molar-refractivity contribution in [2.75, 3.05) is 5.32 Å². The fourth-order valence-electron chi connectivity index (χ4n) is 1.99. The third-order valence-corrected chi connectivity index (χ3v) is 3.18. The Labute approximate surface area is 126 Å². The minimum Gasteiger partial charge on any atom is -0.334 e. The summed E-state index contributed by atoms with van der Waals surface area (Å²) in [6.07, 6.45) is -4.51. The lowest BCUT2D eigenvalue weighted by Crippen LogP contribution is -2.29. The first-order chi connectivity index (χ1) is 10.4. The van der Waals surface area contributed by atoms with Crippen molar-refractivity contribution in [1.29, 1.82) is 0 Å². The molecule has 0 aliphatic carbocycles. The van der Waals surface area contributed by atoms with Gasteiger partial charge in [0.2, 0.25) is 0 Å². The molecule has 2 rings (SSSR count). The van der Waals surface area contributed by atoms with Crippen molar-refractivity contribution in [3.63, 3.8) is 0 Å². The molecule has 2 aromatic carbocycles. The maximum atomic E-state index is 12.8. The van der Waals surface area contributed by atoms with Crippen LogP contribution in [0.2, 0.25) is 0 Å². The van der Waals surface area contributed by atoms with E-state index in [1.165, 1.54) is 18.2 Å². The molecular formula is C16H15F3N2O. The molecular weight excluding hydrogens is 293 g/mol. The van der Waals surface area contributed by atoms with Crippen LogP contribution in [-0.4, -0.2) is 6.03 Å². The average molecular weight is 308 g/mol. The molecule has 6 heteroatoms. The van der Waals surface area contributed by atoms with Crippen molar-refractivity contribution >= 4 is 11.7 Å². The quantitative estimate of drug-likeness (QED) is 0.870. The van der Waals surface area contributed by atoms with Crippen LogP contribution in [0.4, 0.5) is 23.7 Å². The molecule has 2 aromatic rings. The standard InChI is InChI=1S/C16H15F3N2O/c1-11-6-2-3-7-12(11)10-20-15(22)21-14-9-5-4-8-13(14)16(17,18)19/h2-9H,10H2,1H3,(H2,20,21,22). The Bertz CT molecular complexity index is 668. The van der Waals surface area contributed by atoms with Crippen molar-refractivity contribution in [2.45, 2.75) is 19.6 Å². The van der Waals surface area contributed by atoms with Crippen LogP contribution in [0.15, 0.2) is 48.5 Å². The van der Waals surface area contributed by atoms with E-state index in [4.69, 9.17) is 0 Å². The summed E-state index contributed by atoms with van der Waals surface area (Å²) in [6, 6.07) is 11.6. The number of rotatable bonds is 3. The number of aryl methyl sites for hydroxylation is 1. The molecule has 0 radical (unpaired) electrons. The maximum absolute atomic E-state index is 12.8. The lowest BCUT2D eigenvalue weighted by molar-refractivity contribution is -0.136. The van der Waals surface area contributed by atoms with Crippen molar-refractivity contribution in [2.24, 2.45) is 0 Å². The molecule has 0 bridgehead atoms. The Hall–Kier alpha value is -2.50. The zero-order valence-electron chi connectivity index (χ0n) is 11.9. The van der Waals surface area contributed by atoms with Gasteiger partial charge in [-0.2, -0.15) is 13.2 Å². The second-order valence-electron chi connectivity index (χ2n) is 4.78. The number of carbonyl (C=O) groups is 1. The van der Waals surface area contributed by atoms with Gasteiger partial charge in [-0.05, 0) is 30.2 Å². The van der Waals surface area contributed by atoms with Gasteiger partial charge >= 0.3 is 12.2 Å². The number of amides is 2. The first kappa shape index (κ1) is 15.9. The molecule has 0 unspecified atom stereocenters. The van der Waals surface area contributed by atoms with Gasteiger partial charge in [0.1, 0.15) is 0 Å². The second-order valence-corrected chi connectivity index (χ2v) is 4.78. The molecule has 0 heterocycles. The van der Waals surface area contributed by atoms with E-state index in [-0.39, 0.29) is 12.2 Å². The van der Waals surface area contributed by atoms with E-state index in [9.17, 15) is 18.0 Å². The fourth-order valence-corrected chi connectivity index (χ4v) is 1.99. The monoisotopic (exact) mass is 308 g/mol. The van der Waals surface area contributed by atoms with E-state index in [0.717, 1.165) is 17.2 Å². The smallest absolute Gasteiger partial charge is 0.334 e. The molecule has 0 aliphatic rings. The summed E-state index contributed by atoms with van der Waals surface area (Å²) in [4.78, 5) is 11.8. The molecule has 3 nitrogen and oxygen atoms in total. The van der Waals surface area contributed by atoms with Gasteiger partial charge in [0, 0.05) is 6.54 Å². The van der Waals surface area contributed by atoms with Crippen LogP contribution in [0.25, 0.3) is 0 Å². The Balaban J connectivity index is 2.03. The molecule has 0 aliphatic heterocycles. The summed E-state index contributed by atoms with van der Waals surface area (Å²) in [6.45, 7) is 2.14. The molecule has 0 aromatic heterocycles. The molecule has 0 saturated carbocycles. The molecule has 22 heavy (non-hydrogen) atoms. The highest BCUT2D eigenvalue weighted by atomic mass is 19.4. The topological polar surface area (TPSA) is 41.1 Å². The molecule has 2 N–H and O–H groups in total. The average Bonchev–Trinajstić information content (AvgIpc) is 2.46. The van der Waals surface area contributed by atoms with Crippen molar-refractivity contribution in [3.05, 3.63) is 65.2 Å². The highest BCUT2D eigenvalue weighted by Crippen LogP contribution is 2.34. The van der Waals surface area contributed by atoms with E-state index < -0.39 is 17.8 Å². The number of alkyl halides is 3. The second kappa shape index (κ2) is 6.51. The van der Waals surface area contributed by atoms with Crippen LogP contribution < -0.4 is 10.6 Å². The summed E-state index contributed by atoms with van der Waals surface area (Å²) in [5, 5.41) is 4.79. The van der Waals surface area contributed by atoms with Crippen LogP contribution in [0, 0.1) is 6.92 Å². The van der Waals surface area contributed by atoms with Gasteiger partial charge in [-0.3, -0.25) is 0 Å². The third kappa shape index (κ3) is 4.00. The molecule has 2 amide bonds. The molecule has 116 valence electrons. The SMILES string of the molecule is Cc1ccccc1CNC(=O)Nc1ccccc1C(F)(F)F. The van der Waals surface area contributed by atoms with Crippen LogP contribution in [0.1, 0.15) is 16.7 Å². The first-order valence-corrected chi connectivity index (χ1v) is 6.63. The van der Waals surface area contributed by atoms with Gasteiger partial charge < -0.3 is 10.6 Å². The number of halogens is 3. The van der Waals surface area contributed by atoms with Gasteiger partial charge in [-0.25, -0.2) is 4.79 Å². The van der Waals surface area contributed by atoms with Crippen LogP contribution >= 0.6 is 0 Å². The van der Waals surface area contributed by atoms with Gasteiger partial charge in [0.05, 0.1) is 11.3 Å². The summed E-state index contributed by atoms with van der Waals surface area (Å²) in [7, 11) is 0. The van der Waals surface area contributed by atoms with E-state index in [1.54, 1.807) is 0 Å². The maximum Gasteiger partial charge on any atom is 0.418 e. The fraction of sp³-hybridized carbons (Fsp3) is 0.188. The molecule has 0 fully saturated rings. The van der Waals surface area contributed by atoms with E-state index in [0.29, 0.717) is 0 Å². The Morgan fingerprint density at radius 1 is 1.05 bits per heavy atom. The Morgan fingerprint density at radius 2 is 1.68 bits per heavy atom. The van der Waals surface area contributed by atoms with E-state index in [1.807, 2.05) is 31.2 Å². The number of hydrogen-bond acceptors (Lipinski definition) is 1. The molecule has 0 saturated heterocycles. The van der Waals surface area contributed by atoms with Gasteiger partial charge in [0.25, 0.3) is 0 Å². The predicted molar refractivity (Wildman–Crippen MR) is 78.5 cm³/mol. The summed E-state index contributed by atoms with van der Waals surface area (Å²) in [5.74, 6) is 0. The van der Waals surface area contributed by atoms with Crippen molar-refractivity contribution in [1.82, 2.24) is 5.32 Å². The zero-order chi connectivity index (χ0) is 16.2. The largest absolute Gasteiger partial charge is 0.418 e. The first-order valence-electron chi connectivity index (χ1n) is 6.63. The minimum absolute atomic E-state index is 0.243. The highest BCUT2D eigenvalue weighted by Gasteiger charge is 2.33. The zero-order valence-corrected chi connectivity index (χ0v) is 11.9. The number of carbonyl (C=O) groups excluding carboxylic acids is 1. The van der Waals surface area contributed by atoms with Crippen molar-refractivity contribution in [3.8, 4) is 0 Å². The van der Waals surface area contributed by atoms with Gasteiger partial charge in [-0.15, -0.1) is 0 Å². The van der Waals surface area contributed by atoms with Crippen LogP contribution in [0.5, 0.6) is 0 Å². The number of urea groups is 1. The van der Waals surface area contributed by atoms with E-state index >= 15 is 0 Å². The number of nitrogens with one attached hydrogen (secondary N) is 2. The third-order valence-electron chi connectivity index (χ3n) is 3.18. The summed E-state index contributed by atoms with van der Waals surface area (Å²) in [5.41, 5.74) is 0.763. The van der Waals surface area contributed by atoms with Crippen molar-refractivity contribution < 1.29 is 18.0 Å².